The lowest BCUT2D eigenvalue weighted by atomic mass is 10.1. The van der Waals surface area contributed by atoms with Crippen molar-refractivity contribution in [2.24, 2.45) is 0 Å². The largest absolute Gasteiger partial charge is 0.381 e. The van der Waals surface area contributed by atoms with E-state index in [9.17, 15) is 0 Å². The van der Waals surface area contributed by atoms with Crippen molar-refractivity contribution in [1.82, 2.24) is 14.6 Å². The normalized spacial score (nSPS) is 11.1. The van der Waals surface area contributed by atoms with Gasteiger partial charge in [-0.15, -0.1) is 11.6 Å². The number of nitrogens with zero attached hydrogens (tertiary/aromatic N) is 3. The Labute approximate surface area is 160 Å². The molecule has 0 spiro atoms. The number of anilines is 1. The monoisotopic (exact) mass is 422 g/mol. The molecule has 3 aromatic rings. The molecule has 1 N–H and O–H groups in total. The fourth-order valence-electron chi connectivity index (χ4n) is 2.47. The third-order valence-electron chi connectivity index (χ3n) is 3.69. The number of ether oxygens (including phenoxy) is 1. The van der Waals surface area contributed by atoms with Crippen LogP contribution in [0.5, 0.6) is 0 Å². The lowest BCUT2D eigenvalue weighted by Gasteiger charge is -2.11. The molecule has 2 aromatic heterocycles. The molecule has 5 nitrogen and oxygen atoms in total. The molecule has 132 valence electrons. The summed E-state index contributed by atoms with van der Waals surface area (Å²) < 4.78 is 8.21. The van der Waals surface area contributed by atoms with Crippen molar-refractivity contribution in [3.05, 3.63) is 47.1 Å². The summed E-state index contributed by atoms with van der Waals surface area (Å²) >= 11 is 9.15. The van der Waals surface area contributed by atoms with Crippen LogP contribution in [-0.4, -0.2) is 40.2 Å². The average molecular weight is 424 g/mol. The summed E-state index contributed by atoms with van der Waals surface area (Å²) in [5.74, 6) is 1.55. The second-order valence-electron chi connectivity index (χ2n) is 5.56. The summed E-state index contributed by atoms with van der Waals surface area (Å²) in [4.78, 5) is 4.72. The summed E-state index contributed by atoms with van der Waals surface area (Å²) in [6.45, 7) is 2.23. The average Bonchev–Trinajstić information content (AvgIpc) is 3.03. The zero-order chi connectivity index (χ0) is 17.5. The van der Waals surface area contributed by atoms with Crippen LogP contribution in [-0.2, 0) is 4.74 Å². The van der Waals surface area contributed by atoms with Crippen molar-refractivity contribution < 1.29 is 4.74 Å². The van der Waals surface area contributed by atoms with Gasteiger partial charge in [0.25, 0.3) is 0 Å². The molecule has 0 saturated carbocycles. The molecular formula is C18H20BrClN4O. The molecule has 0 amide bonds. The quantitative estimate of drug-likeness (QED) is 0.403. The Morgan fingerprint density at radius 3 is 2.76 bits per heavy atom. The summed E-state index contributed by atoms with van der Waals surface area (Å²) in [5, 5.41) is 7.83. The van der Waals surface area contributed by atoms with E-state index in [0.29, 0.717) is 19.1 Å². The molecule has 0 radical (unpaired) electrons. The number of halogens is 2. The highest BCUT2D eigenvalue weighted by molar-refractivity contribution is 9.10. The van der Waals surface area contributed by atoms with Crippen molar-refractivity contribution in [2.45, 2.75) is 12.8 Å². The van der Waals surface area contributed by atoms with Crippen LogP contribution in [0, 0.1) is 0 Å². The number of benzene rings is 1. The number of fused-ring (bicyclic) bond motifs is 1. The number of alkyl halides is 1. The first kappa shape index (κ1) is 18.2. The summed E-state index contributed by atoms with van der Waals surface area (Å²) in [7, 11) is 0. The Hall–Kier alpha value is -1.63. The van der Waals surface area contributed by atoms with Crippen LogP contribution in [0.3, 0.4) is 0 Å². The fourth-order valence-corrected chi connectivity index (χ4v) is 2.93. The minimum atomic E-state index is 0.643. The Bertz CT molecular complexity index is 809. The maximum Gasteiger partial charge on any atom is 0.172 e. The van der Waals surface area contributed by atoms with Gasteiger partial charge in [0.15, 0.2) is 5.65 Å². The van der Waals surface area contributed by atoms with Gasteiger partial charge in [-0.3, -0.25) is 0 Å². The highest BCUT2D eigenvalue weighted by Crippen LogP contribution is 2.25. The number of nitrogens with one attached hydrogen (secondary N) is 1. The maximum atomic E-state index is 5.63. The van der Waals surface area contributed by atoms with Gasteiger partial charge in [-0.25, -0.2) is 4.98 Å². The van der Waals surface area contributed by atoms with Crippen LogP contribution in [0.25, 0.3) is 16.9 Å². The van der Waals surface area contributed by atoms with Gasteiger partial charge in [0, 0.05) is 37.3 Å². The van der Waals surface area contributed by atoms with Crippen LogP contribution in [0.15, 0.2) is 47.1 Å². The first-order valence-electron chi connectivity index (χ1n) is 8.27. The highest BCUT2D eigenvalue weighted by atomic mass is 79.9. The molecular weight excluding hydrogens is 404 g/mol. The number of hydrogen-bond acceptors (Lipinski definition) is 4. The highest BCUT2D eigenvalue weighted by Gasteiger charge is 2.11. The van der Waals surface area contributed by atoms with E-state index >= 15 is 0 Å². The number of aromatic nitrogens is 3. The van der Waals surface area contributed by atoms with Gasteiger partial charge < -0.3 is 10.1 Å². The number of hydrogen-bond donors (Lipinski definition) is 1. The molecule has 0 aliphatic rings. The molecule has 3 rings (SSSR count). The molecule has 0 saturated heterocycles. The predicted octanol–water partition coefficient (Wildman–Crippen LogP) is 4.61. The van der Waals surface area contributed by atoms with Crippen molar-refractivity contribution in [3.63, 3.8) is 0 Å². The first-order chi connectivity index (χ1) is 12.3. The van der Waals surface area contributed by atoms with Gasteiger partial charge in [-0.05, 0) is 28.8 Å². The fraction of sp³-hybridized carbons (Fsp3) is 0.333. The van der Waals surface area contributed by atoms with E-state index in [4.69, 9.17) is 21.3 Å². The molecule has 7 heteroatoms. The Morgan fingerprint density at radius 1 is 1.16 bits per heavy atom. The molecule has 0 aliphatic heterocycles. The van der Waals surface area contributed by atoms with E-state index in [1.165, 1.54) is 0 Å². The van der Waals surface area contributed by atoms with Gasteiger partial charge in [-0.2, -0.15) is 9.61 Å². The third kappa shape index (κ3) is 4.71. The molecule has 0 bridgehead atoms. The van der Waals surface area contributed by atoms with Crippen molar-refractivity contribution in [3.8, 4) is 11.3 Å². The number of rotatable bonds is 9. The SMILES string of the molecule is ClCCCOCCCNc1cc(-c2ccccc2)nc2c(Br)cnn12. The minimum absolute atomic E-state index is 0.643. The van der Waals surface area contributed by atoms with Crippen LogP contribution < -0.4 is 5.32 Å². The van der Waals surface area contributed by atoms with Crippen LogP contribution in [0.4, 0.5) is 5.82 Å². The standard InChI is InChI=1S/C18H20BrClN4O/c19-15-13-22-24-17(21-9-5-11-25-10-4-8-20)12-16(23-18(15)24)14-6-2-1-3-7-14/h1-3,6-7,12-13,21H,4-5,8-11H2. The summed E-state index contributed by atoms with van der Waals surface area (Å²) in [6.07, 6.45) is 3.56. The smallest absolute Gasteiger partial charge is 0.172 e. The van der Waals surface area contributed by atoms with Gasteiger partial charge >= 0.3 is 0 Å². The van der Waals surface area contributed by atoms with Gasteiger partial charge in [-0.1, -0.05) is 30.3 Å². The van der Waals surface area contributed by atoms with Gasteiger partial charge in [0.1, 0.15) is 5.82 Å². The molecule has 0 aliphatic carbocycles. The summed E-state index contributed by atoms with van der Waals surface area (Å²) in [6, 6.07) is 12.2. The molecule has 1 aromatic carbocycles. The van der Waals surface area contributed by atoms with Crippen molar-refractivity contribution in [1.29, 1.82) is 0 Å². The van der Waals surface area contributed by atoms with E-state index < -0.39 is 0 Å². The van der Waals surface area contributed by atoms with Gasteiger partial charge in [0.2, 0.25) is 0 Å². The van der Waals surface area contributed by atoms with Crippen LogP contribution >= 0.6 is 27.5 Å². The topological polar surface area (TPSA) is 51.5 Å². The Kier molecular flexibility index (Phi) is 6.67. The van der Waals surface area contributed by atoms with E-state index in [1.54, 1.807) is 6.20 Å². The molecule has 2 heterocycles. The third-order valence-corrected chi connectivity index (χ3v) is 4.52. The van der Waals surface area contributed by atoms with E-state index in [-0.39, 0.29) is 0 Å². The Morgan fingerprint density at radius 2 is 1.96 bits per heavy atom. The second-order valence-corrected chi connectivity index (χ2v) is 6.79. The summed E-state index contributed by atoms with van der Waals surface area (Å²) in [5.41, 5.74) is 2.78. The minimum Gasteiger partial charge on any atom is -0.381 e. The molecule has 0 fully saturated rings. The Balaban J connectivity index is 1.73. The predicted molar refractivity (Wildman–Crippen MR) is 105 cm³/mol. The maximum absolute atomic E-state index is 5.63. The van der Waals surface area contributed by atoms with E-state index in [1.807, 2.05) is 28.8 Å². The van der Waals surface area contributed by atoms with E-state index in [2.05, 4.69) is 38.5 Å². The van der Waals surface area contributed by atoms with Crippen LogP contribution in [0.1, 0.15) is 12.8 Å². The van der Waals surface area contributed by atoms with Crippen molar-refractivity contribution in [2.75, 3.05) is 31.0 Å². The van der Waals surface area contributed by atoms with Crippen molar-refractivity contribution >= 4 is 39.0 Å². The van der Waals surface area contributed by atoms with Gasteiger partial charge in [0.05, 0.1) is 16.4 Å². The second kappa shape index (κ2) is 9.17. The molecule has 25 heavy (non-hydrogen) atoms. The first-order valence-corrected chi connectivity index (χ1v) is 9.59. The molecule has 0 unspecified atom stereocenters. The lowest BCUT2D eigenvalue weighted by Crippen LogP contribution is -2.10. The van der Waals surface area contributed by atoms with Crippen LogP contribution in [0.2, 0.25) is 0 Å². The lowest BCUT2D eigenvalue weighted by molar-refractivity contribution is 0.135. The zero-order valence-electron chi connectivity index (χ0n) is 13.8. The zero-order valence-corrected chi connectivity index (χ0v) is 16.1. The molecule has 0 atom stereocenters. The van der Waals surface area contributed by atoms with E-state index in [0.717, 1.165) is 46.6 Å².